The zero-order valence-electron chi connectivity index (χ0n) is 19.5. The molecule has 0 unspecified atom stereocenters. The van der Waals surface area contributed by atoms with Gasteiger partial charge in [0.05, 0.1) is 6.21 Å². The number of hydrogen-bond acceptors (Lipinski definition) is 5. The number of amides is 3. The number of carbonyl (C=O) groups excluding carboxylic acids is 3. The molecular formula is C26H25ClN4O4. The molecule has 8 nitrogen and oxygen atoms in total. The average molecular weight is 493 g/mol. The molecule has 3 aromatic carbocycles. The molecule has 0 atom stereocenters. The van der Waals surface area contributed by atoms with E-state index in [2.05, 4.69) is 21.2 Å². The first-order valence-corrected chi connectivity index (χ1v) is 11.1. The van der Waals surface area contributed by atoms with Crippen LogP contribution in [0.4, 0.5) is 11.4 Å². The number of halogens is 1. The van der Waals surface area contributed by atoms with Crippen LogP contribution in [0.1, 0.15) is 22.3 Å². The Balaban J connectivity index is 1.46. The van der Waals surface area contributed by atoms with Crippen LogP contribution in [0.25, 0.3) is 0 Å². The zero-order chi connectivity index (χ0) is 25.4. The summed E-state index contributed by atoms with van der Waals surface area (Å²) >= 11 is 5.96. The molecule has 35 heavy (non-hydrogen) atoms. The summed E-state index contributed by atoms with van der Waals surface area (Å²) < 4.78 is 5.50. The van der Waals surface area contributed by atoms with Crippen LogP contribution in [-0.2, 0) is 14.4 Å². The Labute approximate surface area is 208 Å². The summed E-state index contributed by atoms with van der Waals surface area (Å²) in [6.07, 6.45) is 1.39. The number of anilines is 2. The summed E-state index contributed by atoms with van der Waals surface area (Å²) in [5.74, 6) is -1.53. The van der Waals surface area contributed by atoms with Crippen LogP contribution in [0.15, 0.2) is 65.8 Å². The first-order valence-electron chi connectivity index (χ1n) is 10.7. The molecule has 3 N–H and O–H groups in total. The van der Waals surface area contributed by atoms with E-state index in [0.717, 1.165) is 16.7 Å². The molecule has 0 radical (unpaired) electrons. The molecule has 0 bridgehead atoms. The SMILES string of the molecule is Cc1ccc(Cl)cc1NC(=O)COc1ccc(/C=N\NC(=O)C(=O)Nc2c(C)cccc2C)cc1. The molecule has 9 heteroatoms. The lowest BCUT2D eigenvalue weighted by molar-refractivity contribution is -0.136. The second kappa shape index (κ2) is 11.8. The van der Waals surface area contributed by atoms with E-state index in [1.165, 1.54) is 6.21 Å². The first kappa shape index (κ1) is 25.5. The molecule has 0 aliphatic heterocycles. The molecule has 0 aromatic heterocycles. The Kier molecular flexibility index (Phi) is 8.58. The highest BCUT2D eigenvalue weighted by Crippen LogP contribution is 2.21. The maximum absolute atomic E-state index is 12.2. The van der Waals surface area contributed by atoms with Gasteiger partial charge in [0.15, 0.2) is 6.61 Å². The molecule has 0 saturated carbocycles. The fourth-order valence-corrected chi connectivity index (χ4v) is 3.28. The van der Waals surface area contributed by atoms with E-state index in [1.54, 1.807) is 36.4 Å². The van der Waals surface area contributed by atoms with Crippen molar-refractivity contribution in [2.75, 3.05) is 17.2 Å². The summed E-state index contributed by atoms with van der Waals surface area (Å²) in [6, 6.07) is 17.5. The zero-order valence-corrected chi connectivity index (χ0v) is 20.3. The molecule has 0 saturated heterocycles. The van der Waals surface area contributed by atoms with Gasteiger partial charge in [-0.1, -0.05) is 35.9 Å². The van der Waals surface area contributed by atoms with Crippen molar-refractivity contribution in [1.82, 2.24) is 5.43 Å². The van der Waals surface area contributed by atoms with Crippen molar-refractivity contribution in [2.24, 2.45) is 5.10 Å². The lowest BCUT2D eigenvalue weighted by Gasteiger charge is -2.10. The minimum Gasteiger partial charge on any atom is -0.484 e. The fourth-order valence-electron chi connectivity index (χ4n) is 3.11. The van der Waals surface area contributed by atoms with Gasteiger partial charge in [0, 0.05) is 16.4 Å². The van der Waals surface area contributed by atoms with Gasteiger partial charge in [-0.2, -0.15) is 5.10 Å². The predicted octanol–water partition coefficient (Wildman–Crippen LogP) is 4.37. The van der Waals surface area contributed by atoms with Crippen molar-refractivity contribution < 1.29 is 19.1 Å². The standard InChI is InChI=1S/C26H25ClN4O4/c1-16-7-10-20(27)13-22(16)29-23(32)15-35-21-11-8-19(9-12-21)14-28-31-26(34)25(33)30-24-17(2)5-4-6-18(24)3/h4-14H,15H2,1-3H3,(H,29,32)(H,30,33)(H,31,34)/b28-14-. The van der Waals surface area contributed by atoms with Crippen molar-refractivity contribution in [3.8, 4) is 5.75 Å². The van der Waals surface area contributed by atoms with Crippen molar-refractivity contribution in [2.45, 2.75) is 20.8 Å². The molecule has 180 valence electrons. The third-order valence-electron chi connectivity index (χ3n) is 5.03. The van der Waals surface area contributed by atoms with Gasteiger partial charge < -0.3 is 15.4 Å². The summed E-state index contributed by atoms with van der Waals surface area (Å²) in [6.45, 7) is 5.38. The maximum Gasteiger partial charge on any atom is 0.329 e. The van der Waals surface area contributed by atoms with Gasteiger partial charge in [-0.3, -0.25) is 14.4 Å². The number of hydrazone groups is 1. The molecule has 0 heterocycles. The van der Waals surface area contributed by atoms with Crippen LogP contribution in [0.3, 0.4) is 0 Å². The third kappa shape index (κ3) is 7.41. The number of ether oxygens (including phenoxy) is 1. The molecule has 3 amide bonds. The van der Waals surface area contributed by atoms with Crippen molar-refractivity contribution in [3.05, 3.63) is 87.9 Å². The van der Waals surface area contributed by atoms with E-state index in [4.69, 9.17) is 16.3 Å². The summed E-state index contributed by atoms with van der Waals surface area (Å²) in [4.78, 5) is 36.3. The van der Waals surface area contributed by atoms with Gasteiger partial charge in [-0.05, 0) is 79.4 Å². The smallest absolute Gasteiger partial charge is 0.329 e. The molecule has 0 aliphatic rings. The average Bonchev–Trinajstić information content (AvgIpc) is 2.83. The number of carbonyl (C=O) groups is 3. The fraction of sp³-hybridized carbons (Fsp3) is 0.154. The van der Waals surface area contributed by atoms with Crippen molar-refractivity contribution in [3.63, 3.8) is 0 Å². The Morgan fingerprint density at radius 1 is 0.886 bits per heavy atom. The summed E-state index contributed by atoms with van der Waals surface area (Å²) in [7, 11) is 0. The first-order chi connectivity index (χ1) is 16.7. The minimum atomic E-state index is -0.884. The Morgan fingerprint density at radius 3 is 2.26 bits per heavy atom. The van der Waals surface area contributed by atoms with Crippen LogP contribution >= 0.6 is 11.6 Å². The lowest BCUT2D eigenvalue weighted by Crippen LogP contribution is -2.32. The van der Waals surface area contributed by atoms with Gasteiger partial charge in [0.1, 0.15) is 5.75 Å². The second-order valence-electron chi connectivity index (χ2n) is 7.79. The van der Waals surface area contributed by atoms with Crippen LogP contribution in [0.2, 0.25) is 5.02 Å². The maximum atomic E-state index is 12.2. The summed E-state index contributed by atoms with van der Waals surface area (Å²) in [5, 5.41) is 9.70. The van der Waals surface area contributed by atoms with E-state index in [0.29, 0.717) is 27.7 Å². The van der Waals surface area contributed by atoms with E-state index < -0.39 is 11.8 Å². The number of para-hydroxylation sites is 1. The highest BCUT2D eigenvalue weighted by atomic mass is 35.5. The predicted molar refractivity (Wildman–Crippen MR) is 137 cm³/mol. The van der Waals surface area contributed by atoms with Crippen LogP contribution in [-0.4, -0.2) is 30.5 Å². The molecule has 0 aliphatic carbocycles. The lowest BCUT2D eigenvalue weighted by atomic mass is 10.1. The van der Waals surface area contributed by atoms with Crippen LogP contribution in [0, 0.1) is 20.8 Å². The Bertz CT molecular complexity index is 1250. The highest BCUT2D eigenvalue weighted by Gasteiger charge is 2.15. The van der Waals surface area contributed by atoms with Crippen molar-refractivity contribution in [1.29, 1.82) is 0 Å². The highest BCUT2D eigenvalue weighted by molar-refractivity contribution is 6.39. The van der Waals surface area contributed by atoms with Crippen molar-refractivity contribution >= 4 is 46.9 Å². The number of nitrogens with one attached hydrogen (secondary N) is 3. The number of rotatable bonds is 7. The largest absolute Gasteiger partial charge is 0.484 e. The van der Waals surface area contributed by atoms with E-state index >= 15 is 0 Å². The Morgan fingerprint density at radius 2 is 1.57 bits per heavy atom. The number of hydrogen-bond donors (Lipinski definition) is 3. The topological polar surface area (TPSA) is 109 Å². The van der Waals surface area contributed by atoms with Gasteiger partial charge in [0.2, 0.25) is 0 Å². The van der Waals surface area contributed by atoms with E-state index in [1.807, 2.05) is 45.0 Å². The Hall–Kier alpha value is -4.17. The second-order valence-corrected chi connectivity index (χ2v) is 8.22. The minimum absolute atomic E-state index is 0.176. The number of aryl methyl sites for hydroxylation is 3. The quantitative estimate of drug-likeness (QED) is 0.258. The van der Waals surface area contributed by atoms with Gasteiger partial charge in [-0.15, -0.1) is 0 Å². The molecule has 3 aromatic rings. The van der Waals surface area contributed by atoms with E-state index in [-0.39, 0.29) is 12.5 Å². The molecule has 0 spiro atoms. The monoisotopic (exact) mass is 492 g/mol. The van der Waals surface area contributed by atoms with Crippen LogP contribution < -0.4 is 20.8 Å². The van der Waals surface area contributed by atoms with Gasteiger partial charge in [0.25, 0.3) is 5.91 Å². The molecule has 3 rings (SSSR count). The number of nitrogens with zero attached hydrogens (tertiary/aromatic N) is 1. The normalized spacial score (nSPS) is 10.6. The number of benzene rings is 3. The molecular weight excluding hydrogens is 468 g/mol. The van der Waals surface area contributed by atoms with Gasteiger partial charge in [-0.25, -0.2) is 5.43 Å². The van der Waals surface area contributed by atoms with Gasteiger partial charge >= 0.3 is 11.8 Å². The third-order valence-corrected chi connectivity index (χ3v) is 5.26. The molecule has 0 fully saturated rings. The van der Waals surface area contributed by atoms with E-state index in [9.17, 15) is 14.4 Å². The summed E-state index contributed by atoms with van der Waals surface area (Å²) in [5.41, 5.74) is 6.69. The van der Waals surface area contributed by atoms with Crippen LogP contribution in [0.5, 0.6) is 5.75 Å².